The summed E-state index contributed by atoms with van der Waals surface area (Å²) in [5.74, 6) is 2.77. The van der Waals surface area contributed by atoms with Crippen LogP contribution in [0.25, 0.3) is 0 Å². The maximum atomic E-state index is 13.0. The minimum atomic E-state index is -0.244. The zero-order valence-electron chi connectivity index (χ0n) is 17.4. The summed E-state index contributed by atoms with van der Waals surface area (Å²) in [6.45, 7) is 5.03. The molecule has 0 unspecified atom stereocenters. The van der Waals surface area contributed by atoms with Gasteiger partial charge in [0.15, 0.2) is 0 Å². The molecule has 2 fully saturated rings. The third kappa shape index (κ3) is 4.47. The molecule has 0 N–H and O–H groups in total. The Bertz CT molecular complexity index is 843. The number of aromatic nitrogens is 1. The molecule has 2 aliphatic rings. The molecule has 156 valence electrons. The number of carbonyl (C=O) groups is 1. The number of benzene rings is 1. The molecule has 1 amide bonds. The number of carbonyl (C=O) groups excluding carboxylic acids is 1. The molecule has 6 nitrogen and oxygen atoms in total. The molecule has 4 rings (SSSR count). The second kappa shape index (κ2) is 8.57. The van der Waals surface area contributed by atoms with Gasteiger partial charge < -0.3 is 18.8 Å². The molecule has 2 aromatic rings. The van der Waals surface area contributed by atoms with Crippen molar-refractivity contribution in [3.63, 3.8) is 0 Å². The number of piperidine rings is 1. The fraction of sp³-hybridized carbons (Fsp3) is 0.565. The lowest BCUT2D eigenvalue weighted by Crippen LogP contribution is -2.49. The van der Waals surface area contributed by atoms with Gasteiger partial charge in [-0.1, -0.05) is 12.1 Å². The third-order valence-corrected chi connectivity index (χ3v) is 6.16. The molecule has 0 bridgehead atoms. The van der Waals surface area contributed by atoms with Crippen LogP contribution >= 0.6 is 0 Å². The summed E-state index contributed by atoms with van der Waals surface area (Å²) in [5, 5.41) is 0. The maximum Gasteiger partial charge on any atom is 0.225 e. The molecular weight excluding hydrogens is 368 g/mol. The van der Waals surface area contributed by atoms with Gasteiger partial charge in [-0.25, -0.2) is 4.98 Å². The molecule has 29 heavy (non-hydrogen) atoms. The Hall–Kier alpha value is -2.34. The quantitative estimate of drug-likeness (QED) is 0.770. The summed E-state index contributed by atoms with van der Waals surface area (Å²) in [5.41, 5.74) is 0.878. The largest absolute Gasteiger partial charge is 0.497 e. The number of oxazole rings is 1. The molecule has 0 aliphatic carbocycles. The van der Waals surface area contributed by atoms with Gasteiger partial charge in [-0.05, 0) is 50.3 Å². The first kappa shape index (κ1) is 20.0. The average Bonchev–Trinajstić information content (AvgIpc) is 3.23. The lowest BCUT2D eigenvalue weighted by Gasteiger charge is -2.40. The highest BCUT2D eigenvalue weighted by molar-refractivity contribution is 5.79. The van der Waals surface area contributed by atoms with Crippen LogP contribution in [0.2, 0.25) is 0 Å². The first-order valence-corrected chi connectivity index (χ1v) is 10.5. The molecule has 1 aromatic carbocycles. The van der Waals surface area contributed by atoms with E-state index in [0.717, 1.165) is 55.2 Å². The normalized spacial score (nSPS) is 23.2. The van der Waals surface area contributed by atoms with Gasteiger partial charge in [-0.3, -0.25) is 4.79 Å². The fourth-order valence-corrected chi connectivity index (χ4v) is 4.46. The van der Waals surface area contributed by atoms with Crippen molar-refractivity contribution in [3.05, 3.63) is 47.7 Å². The highest BCUT2D eigenvalue weighted by Crippen LogP contribution is 2.35. The molecule has 1 atom stereocenters. The van der Waals surface area contributed by atoms with Crippen molar-refractivity contribution in [3.8, 4) is 5.75 Å². The van der Waals surface area contributed by atoms with Crippen LogP contribution in [0.1, 0.15) is 49.8 Å². The van der Waals surface area contributed by atoms with Crippen LogP contribution in [0.5, 0.6) is 5.75 Å². The Morgan fingerprint density at radius 2 is 2.17 bits per heavy atom. The van der Waals surface area contributed by atoms with Crippen LogP contribution in [0.15, 0.2) is 34.9 Å². The molecule has 0 saturated carbocycles. The van der Waals surface area contributed by atoms with Crippen LogP contribution in [0.3, 0.4) is 0 Å². The van der Waals surface area contributed by atoms with Crippen LogP contribution in [-0.4, -0.2) is 49.2 Å². The van der Waals surface area contributed by atoms with Gasteiger partial charge in [0.25, 0.3) is 0 Å². The van der Waals surface area contributed by atoms with E-state index in [4.69, 9.17) is 13.9 Å². The molecule has 0 spiro atoms. The van der Waals surface area contributed by atoms with E-state index < -0.39 is 0 Å². The first-order valence-electron chi connectivity index (χ1n) is 10.5. The zero-order valence-corrected chi connectivity index (χ0v) is 17.4. The minimum Gasteiger partial charge on any atom is -0.497 e. The van der Waals surface area contributed by atoms with Crippen molar-refractivity contribution in [1.29, 1.82) is 0 Å². The average molecular weight is 399 g/mol. The van der Waals surface area contributed by atoms with Gasteiger partial charge >= 0.3 is 0 Å². The number of nitrogens with zero attached hydrogens (tertiary/aromatic N) is 2. The van der Waals surface area contributed by atoms with E-state index >= 15 is 0 Å². The van der Waals surface area contributed by atoms with Crippen LogP contribution < -0.4 is 4.74 Å². The number of amides is 1. The SMILES string of the molecule is COc1cccc(Cc2cnc([C@]3(C)CCCN(C(=O)C4CCOCC4)C3)o2)c1. The van der Waals surface area contributed by atoms with Gasteiger partial charge in [0, 0.05) is 38.6 Å². The van der Waals surface area contributed by atoms with Crippen molar-refractivity contribution >= 4 is 5.91 Å². The molecule has 2 aliphatic heterocycles. The standard InChI is InChI=1S/C23H30N2O4/c1-23(9-4-10-25(16-23)21(26)18-7-11-28-12-8-18)22-24-15-20(29-22)14-17-5-3-6-19(13-17)27-2/h3,5-6,13,15,18H,4,7-12,14,16H2,1-2H3/t23-/m1/s1. The molecular formula is C23H30N2O4. The van der Waals surface area contributed by atoms with E-state index in [0.29, 0.717) is 26.2 Å². The van der Waals surface area contributed by atoms with Crippen molar-refractivity contribution in [2.24, 2.45) is 5.92 Å². The van der Waals surface area contributed by atoms with Gasteiger partial charge in [-0.15, -0.1) is 0 Å². The molecule has 2 saturated heterocycles. The number of hydrogen-bond acceptors (Lipinski definition) is 5. The van der Waals surface area contributed by atoms with E-state index in [-0.39, 0.29) is 17.2 Å². The van der Waals surface area contributed by atoms with Crippen LogP contribution in [-0.2, 0) is 21.4 Å². The predicted octanol–water partition coefficient (Wildman–Crippen LogP) is 3.58. The lowest BCUT2D eigenvalue weighted by atomic mass is 9.81. The predicted molar refractivity (Wildman–Crippen MR) is 109 cm³/mol. The van der Waals surface area contributed by atoms with Crippen molar-refractivity contribution < 1.29 is 18.7 Å². The summed E-state index contributed by atoms with van der Waals surface area (Å²) in [6.07, 6.45) is 6.10. The summed E-state index contributed by atoms with van der Waals surface area (Å²) in [4.78, 5) is 19.6. The van der Waals surface area contributed by atoms with Crippen LogP contribution in [0, 0.1) is 5.92 Å². The number of methoxy groups -OCH3 is 1. The summed E-state index contributed by atoms with van der Waals surface area (Å²) >= 11 is 0. The number of likely N-dealkylation sites (tertiary alicyclic amines) is 1. The van der Waals surface area contributed by atoms with Gasteiger partial charge in [0.1, 0.15) is 11.5 Å². The van der Waals surface area contributed by atoms with Crippen LogP contribution in [0.4, 0.5) is 0 Å². The summed E-state index contributed by atoms with van der Waals surface area (Å²) in [6, 6.07) is 7.98. The lowest BCUT2D eigenvalue weighted by molar-refractivity contribution is -0.140. The van der Waals surface area contributed by atoms with E-state index in [1.165, 1.54) is 0 Å². The Morgan fingerprint density at radius 1 is 1.34 bits per heavy atom. The Morgan fingerprint density at radius 3 is 2.97 bits per heavy atom. The molecule has 6 heteroatoms. The van der Waals surface area contributed by atoms with E-state index in [1.54, 1.807) is 7.11 Å². The number of ether oxygens (including phenoxy) is 2. The third-order valence-electron chi connectivity index (χ3n) is 6.16. The van der Waals surface area contributed by atoms with Gasteiger partial charge in [-0.2, -0.15) is 0 Å². The highest BCUT2D eigenvalue weighted by Gasteiger charge is 2.40. The molecule has 0 radical (unpaired) electrons. The second-order valence-corrected chi connectivity index (χ2v) is 8.47. The van der Waals surface area contributed by atoms with Crippen molar-refractivity contribution in [2.45, 2.75) is 44.4 Å². The summed E-state index contributed by atoms with van der Waals surface area (Å²) < 4.78 is 16.9. The van der Waals surface area contributed by atoms with Crippen molar-refractivity contribution in [1.82, 2.24) is 9.88 Å². The number of rotatable bonds is 5. The van der Waals surface area contributed by atoms with E-state index in [2.05, 4.69) is 18.0 Å². The number of hydrogen-bond donors (Lipinski definition) is 0. The van der Waals surface area contributed by atoms with Gasteiger partial charge in [0.05, 0.1) is 18.7 Å². The topological polar surface area (TPSA) is 64.8 Å². The maximum absolute atomic E-state index is 13.0. The second-order valence-electron chi connectivity index (χ2n) is 8.47. The van der Waals surface area contributed by atoms with Gasteiger partial charge in [0.2, 0.25) is 11.8 Å². The highest BCUT2D eigenvalue weighted by atomic mass is 16.5. The Labute approximate surface area is 172 Å². The van der Waals surface area contributed by atoms with E-state index in [9.17, 15) is 4.79 Å². The first-order chi connectivity index (χ1) is 14.1. The minimum absolute atomic E-state index is 0.0966. The summed E-state index contributed by atoms with van der Waals surface area (Å²) in [7, 11) is 1.67. The smallest absolute Gasteiger partial charge is 0.225 e. The molecule has 3 heterocycles. The Balaban J connectivity index is 1.45. The van der Waals surface area contributed by atoms with E-state index in [1.807, 2.05) is 29.3 Å². The van der Waals surface area contributed by atoms with Crippen molar-refractivity contribution in [2.75, 3.05) is 33.4 Å². The molecule has 1 aromatic heterocycles. The monoisotopic (exact) mass is 398 g/mol. The zero-order chi connectivity index (χ0) is 20.3. The Kier molecular flexibility index (Phi) is 5.90. The fourth-order valence-electron chi connectivity index (χ4n) is 4.46.